The minimum atomic E-state index is 0.363. The fourth-order valence-corrected chi connectivity index (χ4v) is 2.97. The molecular formula is C23H28N6. The van der Waals surface area contributed by atoms with Gasteiger partial charge in [0.1, 0.15) is 11.7 Å². The molecule has 29 heavy (non-hydrogen) atoms. The van der Waals surface area contributed by atoms with Gasteiger partial charge in [0.25, 0.3) is 0 Å². The molecule has 6 nitrogen and oxygen atoms in total. The summed E-state index contributed by atoms with van der Waals surface area (Å²) >= 11 is 0. The Hall–Kier alpha value is -3.54. The second kappa shape index (κ2) is 8.65. The van der Waals surface area contributed by atoms with E-state index < -0.39 is 0 Å². The van der Waals surface area contributed by atoms with E-state index >= 15 is 0 Å². The van der Waals surface area contributed by atoms with Gasteiger partial charge in [-0.2, -0.15) is 0 Å². The Kier molecular flexibility index (Phi) is 6.02. The van der Waals surface area contributed by atoms with E-state index in [1.165, 1.54) is 0 Å². The Labute approximate surface area is 172 Å². The molecule has 1 aliphatic carbocycles. The summed E-state index contributed by atoms with van der Waals surface area (Å²) in [7, 11) is 0. The zero-order valence-corrected chi connectivity index (χ0v) is 17.0. The van der Waals surface area contributed by atoms with E-state index in [1.54, 1.807) is 6.08 Å². The number of nitrogens with two attached hydrogens (primary N) is 1. The molecule has 1 aliphatic heterocycles. The lowest BCUT2D eigenvalue weighted by molar-refractivity contribution is 0.593. The number of anilines is 1. The highest BCUT2D eigenvalue weighted by Crippen LogP contribution is 2.27. The Morgan fingerprint density at radius 1 is 1.34 bits per heavy atom. The number of amidine groups is 1. The summed E-state index contributed by atoms with van der Waals surface area (Å²) in [5.41, 5.74) is 10.5. The number of nitrogens with one attached hydrogen (secondary N) is 3. The molecule has 2 aliphatic rings. The lowest BCUT2D eigenvalue weighted by Crippen LogP contribution is -2.25. The SMILES string of the molecule is C=C(N)/C(=C/C)N1C=C(/C(=C/C(=N)NC2CC2)Nc2cccc(C)n2)C=CC1=C. The molecule has 5 N–H and O–H groups in total. The number of hydrogen-bond acceptors (Lipinski definition) is 5. The first kappa shape index (κ1) is 20.2. The van der Waals surface area contributed by atoms with Gasteiger partial charge in [0.15, 0.2) is 0 Å². The number of pyridine rings is 1. The van der Waals surface area contributed by atoms with E-state index in [9.17, 15) is 0 Å². The standard InChI is InChI=1S/C23H28N6/c1-5-21(17(4)24)29-14-18(10-9-16(29)3)20(13-22(25)27-19-11-12-19)28-23-8-6-7-15(2)26-23/h5-10,13-14,19H,3-4,11-12,24H2,1-2H3,(H2,25,27)(H,26,28)/b20-13-,21-5-. The van der Waals surface area contributed by atoms with Crippen LogP contribution in [0.4, 0.5) is 5.82 Å². The van der Waals surface area contributed by atoms with Crippen LogP contribution in [0, 0.1) is 12.3 Å². The van der Waals surface area contributed by atoms with E-state index in [0.717, 1.165) is 47.0 Å². The third kappa shape index (κ3) is 5.25. The molecule has 0 radical (unpaired) electrons. The van der Waals surface area contributed by atoms with E-state index in [0.29, 0.717) is 17.6 Å². The Bertz CT molecular complexity index is 959. The normalized spacial score (nSPS) is 17.1. The van der Waals surface area contributed by atoms with Crippen LogP contribution in [0.25, 0.3) is 0 Å². The van der Waals surface area contributed by atoms with Crippen LogP contribution in [0.3, 0.4) is 0 Å². The van der Waals surface area contributed by atoms with Crippen LogP contribution in [0.5, 0.6) is 0 Å². The monoisotopic (exact) mass is 388 g/mol. The van der Waals surface area contributed by atoms with Gasteiger partial charge in [-0.25, -0.2) is 4.98 Å². The van der Waals surface area contributed by atoms with Gasteiger partial charge < -0.3 is 21.3 Å². The molecule has 6 heteroatoms. The van der Waals surface area contributed by atoms with Gasteiger partial charge in [0, 0.05) is 41.0 Å². The van der Waals surface area contributed by atoms with E-state index in [1.807, 2.05) is 61.4 Å². The largest absolute Gasteiger partial charge is 0.398 e. The van der Waals surface area contributed by atoms with Crippen molar-refractivity contribution in [1.82, 2.24) is 15.2 Å². The van der Waals surface area contributed by atoms with Crippen LogP contribution < -0.4 is 16.4 Å². The highest BCUT2D eigenvalue weighted by atomic mass is 15.1. The van der Waals surface area contributed by atoms with Gasteiger partial charge in [0.05, 0.1) is 11.4 Å². The predicted molar refractivity (Wildman–Crippen MR) is 120 cm³/mol. The number of hydrogen-bond donors (Lipinski definition) is 4. The third-order valence-electron chi connectivity index (χ3n) is 4.58. The van der Waals surface area contributed by atoms with Crippen molar-refractivity contribution < 1.29 is 0 Å². The molecule has 1 saturated carbocycles. The molecular weight excluding hydrogens is 360 g/mol. The Balaban J connectivity index is 1.96. The van der Waals surface area contributed by atoms with E-state index in [-0.39, 0.29) is 0 Å². The van der Waals surface area contributed by atoms with Crippen molar-refractivity contribution in [1.29, 1.82) is 5.41 Å². The van der Waals surface area contributed by atoms with Gasteiger partial charge in [0.2, 0.25) is 0 Å². The summed E-state index contributed by atoms with van der Waals surface area (Å²) in [4.78, 5) is 6.43. The van der Waals surface area contributed by atoms with Crippen molar-refractivity contribution in [3.05, 3.63) is 95.9 Å². The van der Waals surface area contributed by atoms with Crippen molar-refractivity contribution in [3.8, 4) is 0 Å². The fourth-order valence-electron chi connectivity index (χ4n) is 2.97. The summed E-state index contributed by atoms with van der Waals surface area (Å²) in [6, 6.07) is 6.20. The van der Waals surface area contributed by atoms with Crippen LogP contribution in [0.1, 0.15) is 25.5 Å². The van der Waals surface area contributed by atoms with E-state index in [4.69, 9.17) is 11.1 Å². The molecule has 0 amide bonds. The van der Waals surface area contributed by atoms with Crippen LogP contribution in [0.15, 0.2) is 90.2 Å². The van der Waals surface area contributed by atoms with Crippen molar-refractivity contribution in [2.24, 2.45) is 5.73 Å². The van der Waals surface area contributed by atoms with Crippen molar-refractivity contribution in [2.45, 2.75) is 32.7 Å². The van der Waals surface area contributed by atoms with Crippen LogP contribution in [0.2, 0.25) is 0 Å². The first-order valence-corrected chi connectivity index (χ1v) is 9.64. The minimum absolute atomic E-state index is 0.363. The Morgan fingerprint density at radius 2 is 2.10 bits per heavy atom. The lowest BCUT2D eigenvalue weighted by atomic mass is 10.1. The first-order chi connectivity index (χ1) is 13.9. The van der Waals surface area contributed by atoms with Crippen LogP contribution >= 0.6 is 0 Å². The fraction of sp³-hybridized carbons (Fsp3) is 0.217. The van der Waals surface area contributed by atoms with Crippen molar-refractivity contribution in [3.63, 3.8) is 0 Å². The molecule has 1 aromatic heterocycles. The lowest BCUT2D eigenvalue weighted by Gasteiger charge is -2.28. The third-order valence-corrected chi connectivity index (χ3v) is 4.58. The maximum absolute atomic E-state index is 8.32. The second-order valence-electron chi connectivity index (χ2n) is 7.16. The van der Waals surface area contributed by atoms with Crippen LogP contribution in [-0.2, 0) is 0 Å². The molecule has 0 spiro atoms. The zero-order chi connectivity index (χ0) is 21.0. The minimum Gasteiger partial charge on any atom is -0.398 e. The summed E-state index contributed by atoms with van der Waals surface area (Å²) in [6.45, 7) is 11.8. The van der Waals surface area contributed by atoms with E-state index in [2.05, 4.69) is 28.8 Å². The highest BCUT2D eigenvalue weighted by Gasteiger charge is 2.22. The summed E-state index contributed by atoms with van der Waals surface area (Å²) in [5.74, 6) is 1.08. The van der Waals surface area contributed by atoms with Gasteiger partial charge in [-0.3, -0.25) is 5.41 Å². The molecule has 0 bridgehead atoms. The average Bonchev–Trinajstić information content (AvgIpc) is 3.47. The smallest absolute Gasteiger partial charge is 0.130 e. The first-order valence-electron chi connectivity index (χ1n) is 9.64. The molecule has 0 unspecified atom stereocenters. The van der Waals surface area contributed by atoms with Gasteiger partial charge in [-0.15, -0.1) is 0 Å². The average molecular weight is 389 g/mol. The summed E-state index contributed by atoms with van der Waals surface area (Å²) < 4.78 is 0. The highest BCUT2D eigenvalue weighted by molar-refractivity contribution is 5.92. The zero-order valence-electron chi connectivity index (χ0n) is 17.0. The molecule has 1 fully saturated rings. The molecule has 2 heterocycles. The number of aromatic nitrogens is 1. The van der Waals surface area contributed by atoms with Crippen molar-refractivity contribution >= 4 is 11.7 Å². The molecule has 0 saturated heterocycles. The second-order valence-corrected chi connectivity index (χ2v) is 7.16. The molecule has 3 rings (SSSR count). The molecule has 1 aromatic rings. The quantitative estimate of drug-likeness (QED) is 0.321. The molecule has 0 atom stereocenters. The number of allylic oxidation sites excluding steroid dienone is 3. The maximum atomic E-state index is 8.32. The maximum Gasteiger partial charge on any atom is 0.130 e. The molecule has 150 valence electrons. The van der Waals surface area contributed by atoms with Gasteiger partial charge in [-0.1, -0.05) is 25.3 Å². The number of nitrogens with zero attached hydrogens (tertiary/aromatic N) is 2. The van der Waals surface area contributed by atoms with Crippen molar-refractivity contribution in [2.75, 3.05) is 5.32 Å². The van der Waals surface area contributed by atoms with Gasteiger partial charge in [-0.05, 0) is 51.0 Å². The number of rotatable bonds is 7. The van der Waals surface area contributed by atoms with Crippen LogP contribution in [-0.4, -0.2) is 21.8 Å². The summed E-state index contributed by atoms with van der Waals surface area (Å²) in [6.07, 6.45) is 11.7. The van der Waals surface area contributed by atoms with Gasteiger partial charge >= 0.3 is 0 Å². The predicted octanol–water partition coefficient (Wildman–Crippen LogP) is 4.06. The summed E-state index contributed by atoms with van der Waals surface area (Å²) in [5, 5.41) is 14.9. The topological polar surface area (TPSA) is 90.1 Å². The molecule has 0 aromatic carbocycles. The Morgan fingerprint density at radius 3 is 2.72 bits per heavy atom. The number of aryl methyl sites for hydroxylation is 1.